The summed E-state index contributed by atoms with van der Waals surface area (Å²) < 4.78 is 30.1. The molecule has 194 valence electrons. The van der Waals surface area contributed by atoms with E-state index in [0.717, 1.165) is 24.8 Å². The molecule has 10 heteroatoms. The molecule has 37 heavy (non-hydrogen) atoms. The van der Waals surface area contributed by atoms with Crippen LogP contribution >= 0.6 is 0 Å². The van der Waals surface area contributed by atoms with Crippen LogP contribution in [0.2, 0.25) is 0 Å². The van der Waals surface area contributed by atoms with E-state index in [9.17, 15) is 18.0 Å². The van der Waals surface area contributed by atoms with Crippen LogP contribution in [0.5, 0.6) is 5.75 Å². The second-order valence-corrected chi connectivity index (χ2v) is 12.0. The van der Waals surface area contributed by atoms with Crippen LogP contribution in [0.4, 0.5) is 17.1 Å². The SMILES string of the molecule is COc1ccc(N=C2C(=O)N(c3ccc(N4CCCCC4=O)cc3)CC3(CC3)C2C(=N)S(C)(=O)=O)cc1. The summed E-state index contributed by atoms with van der Waals surface area (Å²) in [5.41, 5.74) is 1.42. The van der Waals surface area contributed by atoms with Crippen molar-refractivity contribution in [2.24, 2.45) is 16.3 Å². The second-order valence-electron chi connectivity index (χ2n) is 10.0. The molecule has 0 bridgehead atoms. The highest BCUT2D eigenvalue weighted by atomic mass is 32.2. The Morgan fingerprint density at radius 1 is 1.00 bits per heavy atom. The maximum absolute atomic E-state index is 13.9. The monoisotopic (exact) mass is 522 g/mol. The van der Waals surface area contributed by atoms with Gasteiger partial charge in [0.1, 0.15) is 16.5 Å². The van der Waals surface area contributed by atoms with Crippen LogP contribution in [0.3, 0.4) is 0 Å². The zero-order valence-corrected chi connectivity index (χ0v) is 21.8. The smallest absolute Gasteiger partial charge is 0.273 e. The zero-order chi connectivity index (χ0) is 26.4. The Bertz CT molecular complexity index is 1380. The maximum atomic E-state index is 13.9. The van der Waals surface area contributed by atoms with Crippen LogP contribution in [0, 0.1) is 16.7 Å². The Morgan fingerprint density at radius 3 is 2.16 bits per heavy atom. The molecule has 9 nitrogen and oxygen atoms in total. The molecule has 2 aromatic carbocycles. The number of hydrogen-bond donors (Lipinski definition) is 1. The number of rotatable bonds is 5. The summed E-state index contributed by atoms with van der Waals surface area (Å²) in [6, 6.07) is 14.2. The van der Waals surface area contributed by atoms with E-state index < -0.39 is 32.1 Å². The van der Waals surface area contributed by atoms with Gasteiger partial charge in [0.25, 0.3) is 5.91 Å². The van der Waals surface area contributed by atoms with E-state index in [1.807, 2.05) is 24.3 Å². The van der Waals surface area contributed by atoms with Gasteiger partial charge in [-0.2, -0.15) is 0 Å². The van der Waals surface area contributed by atoms with Gasteiger partial charge in [-0.05, 0) is 74.2 Å². The normalized spacial score (nSPS) is 22.4. The van der Waals surface area contributed by atoms with Crippen LogP contribution < -0.4 is 14.5 Å². The number of ether oxygens (including phenoxy) is 1. The summed E-state index contributed by atoms with van der Waals surface area (Å²) in [6.45, 7) is 0.982. The second kappa shape index (κ2) is 9.41. The molecule has 1 N–H and O–H groups in total. The first kappa shape index (κ1) is 25.1. The first-order valence-electron chi connectivity index (χ1n) is 12.4. The van der Waals surface area contributed by atoms with Gasteiger partial charge in [0.2, 0.25) is 5.91 Å². The summed E-state index contributed by atoms with van der Waals surface area (Å²) in [5, 5.41) is 8.05. The lowest BCUT2D eigenvalue weighted by Crippen LogP contribution is -2.55. The van der Waals surface area contributed by atoms with E-state index in [-0.39, 0.29) is 11.6 Å². The van der Waals surface area contributed by atoms with Crippen LogP contribution in [0.1, 0.15) is 32.1 Å². The van der Waals surface area contributed by atoms with Gasteiger partial charge in [0.05, 0.1) is 18.7 Å². The number of carbonyl (C=O) groups excluding carboxylic acids is 2. The summed E-state index contributed by atoms with van der Waals surface area (Å²) >= 11 is 0. The minimum Gasteiger partial charge on any atom is -0.497 e. The topological polar surface area (TPSA) is 120 Å². The van der Waals surface area contributed by atoms with Crippen molar-refractivity contribution in [3.63, 3.8) is 0 Å². The molecule has 1 saturated carbocycles. The summed E-state index contributed by atoms with van der Waals surface area (Å²) in [6.07, 6.45) is 4.79. The number of anilines is 2. The van der Waals surface area contributed by atoms with Crippen LogP contribution in [0.15, 0.2) is 53.5 Å². The number of methoxy groups -OCH3 is 1. The van der Waals surface area contributed by atoms with E-state index >= 15 is 0 Å². The molecule has 2 aliphatic heterocycles. The van der Waals surface area contributed by atoms with Crippen LogP contribution in [-0.2, 0) is 19.4 Å². The highest BCUT2D eigenvalue weighted by Crippen LogP contribution is 2.56. The first-order valence-corrected chi connectivity index (χ1v) is 14.3. The van der Waals surface area contributed by atoms with Gasteiger partial charge in [-0.15, -0.1) is 0 Å². The fourth-order valence-corrected chi connectivity index (χ4v) is 6.05. The molecule has 0 radical (unpaired) electrons. The first-order chi connectivity index (χ1) is 17.6. The zero-order valence-electron chi connectivity index (χ0n) is 20.9. The molecule has 1 unspecified atom stereocenters. The molecule has 3 fully saturated rings. The number of nitrogens with one attached hydrogen (secondary N) is 1. The van der Waals surface area contributed by atoms with Gasteiger partial charge in [-0.1, -0.05) is 0 Å². The lowest BCUT2D eigenvalue weighted by Gasteiger charge is -2.39. The van der Waals surface area contributed by atoms with Gasteiger partial charge in [-0.3, -0.25) is 15.0 Å². The van der Waals surface area contributed by atoms with Crippen LogP contribution in [-0.4, -0.2) is 57.4 Å². The van der Waals surface area contributed by atoms with E-state index in [1.165, 1.54) is 0 Å². The third-order valence-electron chi connectivity index (χ3n) is 7.50. The predicted octanol–water partition coefficient (Wildman–Crippen LogP) is 3.75. The van der Waals surface area contributed by atoms with Crippen molar-refractivity contribution in [2.45, 2.75) is 32.1 Å². The standard InChI is InChI=1S/C27H30N4O5S/c1-36-21-12-6-18(7-13-21)29-24-23(25(28)37(2,34)35)27(14-15-27)17-31(26(24)33)20-10-8-19(9-11-20)30-16-4-3-5-22(30)32/h6-13,23,28H,3-5,14-17H2,1-2H3. The Labute approximate surface area is 216 Å². The average molecular weight is 523 g/mol. The van der Waals surface area contributed by atoms with Crippen molar-refractivity contribution in [2.75, 3.05) is 36.3 Å². The highest BCUT2D eigenvalue weighted by molar-refractivity contribution is 8.05. The van der Waals surface area contributed by atoms with Crippen molar-refractivity contribution < 1.29 is 22.7 Å². The minimum atomic E-state index is -3.82. The summed E-state index contributed by atoms with van der Waals surface area (Å²) in [4.78, 5) is 34.2. The van der Waals surface area contributed by atoms with Gasteiger partial charge < -0.3 is 14.5 Å². The van der Waals surface area contributed by atoms with Crippen molar-refractivity contribution in [3.8, 4) is 5.75 Å². The van der Waals surface area contributed by atoms with E-state index in [2.05, 4.69) is 4.99 Å². The van der Waals surface area contributed by atoms with Crippen molar-refractivity contribution in [1.82, 2.24) is 0 Å². The molecule has 5 rings (SSSR count). The average Bonchev–Trinajstić information content (AvgIpc) is 3.66. The van der Waals surface area contributed by atoms with Gasteiger partial charge >= 0.3 is 0 Å². The van der Waals surface area contributed by atoms with E-state index in [1.54, 1.807) is 41.2 Å². The third-order valence-corrected chi connectivity index (χ3v) is 8.53. The summed E-state index contributed by atoms with van der Waals surface area (Å²) in [7, 11) is -2.27. The molecule has 2 saturated heterocycles. The molecule has 1 spiro atoms. The molecule has 2 amide bonds. The van der Waals surface area contributed by atoms with Crippen LogP contribution in [0.25, 0.3) is 0 Å². The number of amides is 2. The fraction of sp³-hybridized carbons (Fsp3) is 0.407. The predicted molar refractivity (Wildman–Crippen MR) is 143 cm³/mol. The molecular formula is C27H30N4O5S. The third kappa shape index (κ3) is 4.77. The highest BCUT2D eigenvalue weighted by Gasteiger charge is 2.60. The minimum absolute atomic E-state index is 0.0552. The summed E-state index contributed by atoms with van der Waals surface area (Å²) in [5.74, 6) is -0.597. The van der Waals surface area contributed by atoms with E-state index in [0.29, 0.717) is 49.5 Å². The maximum Gasteiger partial charge on any atom is 0.273 e. The van der Waals surface area contributed by atoms with Crippen molar-refractivity contribution >= 4 is 49.5 Å². The molecule has 2 heterocycles. The molecule has 0 aromatic heterocycles. The molecule has 3 aliphatic rings. The quantitative estimate of drug-likeness (QED) is 0.474. The Balaban J connectivity index is 1.53. The number of benzene rings is 2. The van der Waals surface area contributed by atoms with Crippen molar-refractivity contribution in [1.29, 1.82) is 5.41 Å². The van der Waals surface area contributed by atoms with Gasteiger partial charge in [0, 0.05) is 42.6 Å². The molecule has 1 aliphatic carbocycles. The number of piperidine rings is 2. The molecule has 2 aromatic rings. The molecule has 1 atom stereocenters. The Kier molecular flexibility index (Phi) is 6.39. The number of carbonyl (C=O) groups is 2. The largest absolute Gasteiger partial charge is 0.497 e. The Hall–Kier alpha value is -3.53. The number of aliphatic imine (C=N–C) groups is 1. The molecular weight excluding hydrogens is 492 g/mol. The van der Waals surface area contributed by atoms with E-state index in [4.69, 9.17) is 10.1 Å². The van der Waals surface area contributed by atoms with Gasteiger partial charge in [0.15, 0.2) is 9.84 Å². The number of nitrogens with zero attached hydrogens (tertiary/aromatic N) is 3. The Morgan fingerprint density at radius 2 is 1.62 bits per heavy atom. The number of sulfone groups is 1. The van der Waals surface area contributed by atoms with Gasteiger partial charge in [-0.25, -0.2) is 13.4 Å². The van der Waals surface area contributed by atoms with Crippen molar-refractivity contribution in [3.05, 3.63) is 48.5 Å². The number of hydrogen-bond acceptors (Lipinski definition) is 7. The lowest BCUT2D eigenvalue weighted by molar-refractivity contribution is -0.119. The fourth-order valence-electron chi connectivity index (χ4n) is 5.26. The lowest BCUT2D eigenvalue weighted by atomic mass is 9.80.